The molecule has 0 radical (unpaired) electrons. The second-order valence-electron chi connectivity index (χ2n) is 7.82. The van der Waals surface area contributed by atoms with Crippen molar-refractivity contribution < 1.29 is 22.7 Å². The molecule has 0 spiro atoms. The molecule has 1 aromatic rings. The molecule has 4 nitrogen and oxygen atoms in total. The molecule has 1 aliphatic carbocycles. The summed E-state index contributed by atoms with van der Waals surface area (Å²) >= 11 is 0. The Kier molecular flexibility index (Phi) is 4.63. The van der Waals surface area contributed by atoms with E-state index >= 15 is 0 Å². The number of carbonyl (C=O) groups excluding carboxylic acids is 1. The molecule has 1 saturated carbocycles. The number of likely N-dealkylation sites (tertiary alicyclic amines) is 1. The van der Waals surface area contributed by atoms with Crippen molar-refractivity contribution >= 4 is 5.91 Å². The van der Waals surface area contributed by atoms with Gasteiger partial charge >= 0.3 is 6.18 Å². The van der Waals surface area contributed by atoms with E-state index in [1.54, 1.807) is 4.90 Å². The van der Waals surface area contributed by atoms with Gasteiger partial charge in [-0.1, -0.05) is 20.3 Å². The SMILES string of the molecule is CC1(C)CN(CC2CCC2)C(=O)C1Oc1ccc(C#N)c(C(F)(F)F)c1. The van der Waals surface area contributed by atoms with Gasteiger partial charge in [-0.25, -0.2) is 0 Å². The molecule has 1 amide bonds. The molecule has 2 fully saturated rings. The molecule has 140 valence electrons. The van der Waals surface area contributed by atoms with Gasteiger partial charge in [0.05, 0.1) is 17.2 Å². The van der Waals surface area contributed by atoms with Crippen molar-refractivity contribution in [2.45, 2.75) is 45.4 Å². The number of nitrogens with zero attached hydrogens (tertiary/aromatic N) is 2. The number of amides is 1. The summed E-state index contributed by atoms with van der Waals surface area (Å²) in [7, 11) is 0. The van der Waals surface area contributed by atoms with Crippen molar-refractivity contribution in [3.63, 3.8) is 0 Å². The summed E-state index contributed by atoms with van der Waals surface area (Å²) in [5.74, 6) is 0.285. The number of ether oxygens (including phenoxy) is 1. The number of halogens is 3. The highest BCUT2D eigenvalue weighted by atomic mass is 19.4. The van der Waals surface area contributed by atoms with E-state index in [1.165, 1.54) is 18.6 Å². The van der Waals surface area contributed by atoms with Gasteiger partial charge in [0.1, 0.15) is 5.75 Å². The Balaban J connectivity index is 1.81. The summed E-state index contributed by atoms with van der Waals surface area (Å²) in [5, 5.41) is 8.88. The van der Waals surface area contributed by atoms with Crippen LogP contribution < -0.4 is 4.74 Å². The van der Waals surface area contributed by atoms with Crippen molar-refractivity contribution in [2.75, 3.05) is 13.1 Å². The fourth-order valence-corrected chi connectivity index (χ4v) is 3.57. The highest BCUT2D eigenvalue weighted by Gasteiger charge is 2.48. The molecule has 1 aliphatic heterocycles. The van der Waals surface area contributed by atoms with E-state index in [0.29, 0.717) is 19.0 Å². The van der Waals surface area contributed by atoms with Crippen LogP contribution in [0.1, 0.15) is 44.2 Å². The average molecular weight is 366 g/mol. The Morgan fingerprint density at radius 1 is 1.35 bits per heavy atom. The lowest BCUT2D eigenvalue weighted by Crippen LogP contribution is -2.38. The second-order valence-corrected chi connectivity index (χ2v) is 7.82. The lowest BCUT2D eigenvalue weighted by Gasteiger charge is -2.30. The van der Waals surface area contributed by atoms with Gasteiger partial charge in [-0.2, -0.15) is 18.4 Å². The molecule has 1 atom stereocenters. The third-order valence-electron chi connectivity index (χ3n) is 5.22. The Bertz CT molecular complexity index is 748. The van der Waals surface area contributed by atoms with Crippen molar-refractivity contribution in [2.24, 2.45) is 11.3 Å². The molecule has 1 heterocycles. The van der Waals surface area contributed by atoms with E-state index in [4.69, 9.17) is 10.00 Å². The maximum Gasteiger partial charge on any atom is 0.417 e. The number of hydrogen-bond acceptors (Lipinski definition) is 3. The van der Waals surface area contributed by atoms with Gasteiger partial charge in [0.15, 0.2) is 6.10 Å². The predicted molar refractivity (Wildman–Crippen MR) is 88.3 cm³/mol. The Morgan fingerprint density at radius 3 is 2.58 bits per heavy atom. The van der Waals surface area contributed by atoms with Gasteiger partial charge in [0.2, 0.25) is 0 Å². The first kappa shape index (κ1) is 18.6. The first-order valence-electron chi connectivity index (χ1n) is 8.68. The zero-order valence-corrected chi connectivity index (χ0v) is 14.8. The number of nitriles is 1. The number of alkyl halides is 3. The molecule has 0 N–H and O–H groups in total. The van der Waals surface area contributed by atoms with E-state index in [2.05, 4.69) is 0 Å². The molecule has 2 aliphatic rings. The van der Waals surface area contributed by atoms with E-state index in [0.717, 1.165) is 25.0 Å². The van der Waals surface area contributed by atoms with Gasteiger partial charge in [0, 0.05) is 18.5 Å². The maximum atomic E-state index is 13.1. The van der Waals surface area contributed by atoms with Crippen LogP contribution >= 0.6 is 0 Å². The minimum atomic E-state index is -4.66. The normalized spacial score (nSPS) is 22.8. The Morgan fingerprint density at radius 2 is 2.04 bits per heavy atom. The monoisotopic (exact) mass is 366 g/mol. The maximum absolute atomic E-state index is 13.1. The average Bonchev–Trinajstić information content (AvgIpc) is 2.73. The molecular formula is C19H21F3N2O2. The summed E-state index contributed by atoms with van der Waals surface area (Å²) in [6.07, 6.45) is -2.09. The van der Waals surface area contributed by atoms with Crippen LogP contribution in [0, 0.1) is 22.7 Å². The second kappa shape index (κ2) is 6.49. The van der Waals surface area contributed by atoms with Gasteiger partial charge in [-0.05, 0) is 37.0 Å². The van der Waals surface area contributed by atoms with Crippen LogP contribution in [0.4, 0.5) is 13.2 Å². The van der Waals surface area contributed by atoms with Crippen molar-refractivity contribution in [1.29, 1.82) is 5.26 Å². The van der Waals surface area contributed by atoms with Gasteiger partial charge < -0.3 is 9.64 Å². The smallest absolute Gasteiger partial charge is 0.417 e. The summed E-state index contributed by atoms with van der Waals surface area (Å²) in [5.41, 5.74) is -2.02. The molecular weight excluding hydrogens is 345 g/mol. The summed E-state index contributed by atoms with van der Waals surface area (Å²) in [6.45, 7) is 4.97. The fraction of sp³-hybridized carbons (Fsp3) is 0.579. The van der Waals surface area contributed by atoms with Crippen LogP contribution in [0.2, 0.25) is 0 Å². The quantitative estimate of drug-likeness (QED) is 0.810. The summed E-state index contributed by atoms with van der Waals surface area (Å²) in [4.78, 5) is 14.5. The fourth-order valence-electron chi connectivity index (χ4n) is 3.57. The number of benzene rings is 1. The van der Waals surface area contributed by atoms with Crippen molar-refractivity contribution in [3.8, 4) is 11.8 Å². The predicted octanol–water partition coefficient (Wildman–Crippen LogP) is 3.99. The number of carbonyl (C=O) groups is 1. The van der Waals surface area contributed by atoms with Crippen LogP contribution in [0.5, 0.6) is 5.75 Å². The third kappa shape index (κ3) is 3.50. The standard InChI is InChI=1S/C19H21F3N2O2/c1-18(2)11-24(10-12-4-3-5-12)17(25)16(18)26-14-7-6-13(9-23)15(8-14)19(20,21)22/h6-8,12,16H,3-5,10-11H2,1-2H3. The lowest BCUT2D eigenvalue weighted by atomic mass is 9.85. The minimum Gasteiger partial charge on any atom is -0.480 e. The van der Waals surface area contributed by atoms with Crippen LogP contribution in [0.3, 0.4) is 0 Å². The highest BCUT2D eigenvalue weighted by molar-refractivity contribution is 5.84. The lowest BCUT2D eigenvalue weighted by molar-refractivity contribution is -0.138. The zero-order valence-electron chi connectivity index (χ0n) is 14.8. The van der Waals surface area contributed by atoms with Crippen molar-refractivity contribution in [1.82, 2.24) is 4.90 Å². The highest BCUT2D eigenvalue weighted by Crippen LogP contribution is 2.39. The van der Waals surface area contributed by atoms with Gasteiger partial charge in [-0.15, -0.1) is 0 Å². The summed E-state index contributed by atoms with van der Waals surface area (Å²) < 4.78 is 45.1. The molecule has 0 aromatic heterocycles. The van der Waals surface area contributed by atoms with E-state index in [-0.39, 0.29) is 11.7 Å². The van der Waals surface area contributed by atoms with Crippen molar-refractivity contribution in [3.05, 3.63) is 29.3 Å². The minimum absolute atomic E-state index is 0.0479. The van der Waals surface area contributed by atoms with Crippen LogP contribution in [-0.4, -0.2) is 30.0 Å². The molecule has 26 heavy (non-hydrogen) atoms. The molecule has 0 bridgehead atoms. The van der Waals surface area contributed by atoms with E-state index < -0.39 is 28.8 Å². The summed E-state index contributed by atoms with van der Waals surface area (Å²) in [6, 6.07) is 4.73. The molecule has 1 saturated heterocycles. The molecule has 1 unspecified atom stereocenters. The Hall–Kier alpha value is -2.23. The molecule has 7 heteroatoms. The third-order valence-corrected chi connectivity index (χ3v) is 5.22. The number of rotatable bonds is 4. The van der Waals surface area contributed by atoms with Gasteiger partial charge in [0.25, 0.3) is 5.91 Å². The van der Waals surface area contributed by atoms with Gasteiger partial charge in [-0.3, -0.25) is 4.79 Å². The van der Waals surface area contributed by atoms with E-state index in [9.17, 15) is 18.0 Å². The zero-order chi connectivity index (χ0) is 19.1. The molecule has 1 aromatic carbocycles. The number of hydrogen-bond donors (Lipinski definition) is 0. The van der Waals surface area contributed by atoms with Crippen LogP contribution in [0.15, 0.2) is 18.2 Å². The van der Waals surface area contributed by atoms with Crippen LogP contribution in [0.25, 0.3) is 0 Å². The first-order chi connectivity index (χ1) is 12.1. The largest absolute Gasteiger partial charge is 0.480 e. The topological polar surface area (TPSA) is 53.3 Å². The molecule has 3 rings (SSSR count). The first-order valence-corrected chi connectivity index (χ1v) is 8.68. The van der Waals surface area contributed by atoms with Crippen LogP contribution in [-0.2, 0) is 11.0 Å². The Labute approximate surface area is 150 Å². The van der Waals surface area contributed by atoms with E-state index in [1.807, 2.05) is 13.8 Å².